The molecule has 1 aromatic carbocycles. The predicted octanol–water partition coefficient (Wildman–Crippen LogP) is 0.710. The van der Waals surface area contributed by atoms with Crippen molar-refractivity contribution in [3.8, 4) is 11.8 Å². The van der Waals surface area contributed by atoms with Crippen molar-refractivity contribution >= 4 is 15.7 Å². The fraction of sp³-hybridized carbons (Fsp3) is 0.273. The van der Waals surface area contributed by atoms with Crippen LogP contribution in [0, 0.1) is 18.8 Å². The number of rotatable bonds is 2. The van der Waals surface area contributed by atoms with E-state index in [1.807, 2.05) is 13.0 Å². The Labute approximate surface area is 95.4 Å². The Morgan fingerprint density at radius 3 is 2.69 bits per heavy atom. The molecule has 0 radical (unpaired) electrons. The van der Waals surface area contributed by atoms with Gasteiger partial charge in [-0.05, 0) is 24.6 Å². The minimum atomic E-state index is -3.32. The number of aliphatic hydroxyl groups is 1. The Balaban J connectivity index is 3.18. The van der Waals surface area contributed by atoms with E-state index in [9.17, 15) is 8.42 Å². The summed E-state index contributed by atoms with van der Waals surface area (Å²) in [7, 11) is -3.32. The second kappa shape index (κ2) is 5.01. The summed E-state index contributed by atoms with van der Waals surface area (Å²) in [5.41, 5.74) is 1.91. The van der Waals surface area contributed by atoms with Crippen LogP contribution in [0.25, 0.3) is 0 Å². The van der Waals surface area contributed by atoms with Crippen molar-refractivity contribution in [1.29, 1.82) is 0 Å². The fourth-order valence-corrected chi connectivity index (χ4v) is 1.75. The van der Waals surface area contributed by atoms with Gasteiger partial charge in [-0.25, -0.2) is 8.42 Å². The van der Waals surface area contributed by atoms with Crippen molar-refractivity contribution in [1.82, 2.24) is 0 Å². The molecule has 0 amide bonds. The average Bonchev–Trinajstić information content (AvgIpc) is 2.14. The van der Waals surface area contributed by atoms with Gasteiger partial charge in [-0.15, -0.1) is 0 Å². The molecule has 0 aliphatic rings. The lowest BCUT2D eigenvalue weighted by Gasteiger charge is -2.07. The van der Waals surface area contributed by atoms with Crippen LogP contribution in [0.3, 0.4) is 0 Å². The van der Waals surface area contributed by atoms with Gasteiger partial charge in [0.05, 0.1) is 11.9 Å². The summed E-state index contributed by atoms with van der Waals surface area (Å²) in [5.74, 6) is 5.17. The number of hydrogen-bond donors (Lipinski definition) is 2. The predicted molar refractivity (Wildman–Crippen MR) is 63.6 cm³/mol. The van der Waals surface area contributed by atoms with Gasteiger partial charge in [0.15, 0.2) is 0 Å². The van der Waals surface area contributed by atoms with E-state index in [2.05, 4.69) is 16.6 Å². The number of anilines is 1. The lowest BCUT2D eigenvalue weighted by atomic mass is 10.1. The van der Waals surface area contributed by atoms with Crippen LogP contribution in [0.4, 0.5) is 5.69 Å². The molecule has 0 saturated carbocycles. The highest BCUT2D eigenvalue weighted by molar-refractivity contribution is 7.92. The molecule has 0 atom stereocenters. The standard InChI is InChI=1S/C11H13NO3S/c1-9-5-6-10(4-3-7-13)11(8-9)12-16(2,14)15/h5-6,8,12-13H,7H2,1-2H3. The van der Waals surface area contributed by atoms with Crippen LogP contribution in [0.5, 0.6) is 0 Å². The van der Waals surface area contributed by atoms with E-state index < -0.39 is 10.0 Å². The van der Waals surface area contributed by atoms with Crippen LogP contribution in [-0.4, -0.2) is 26.4 Å². The van der Waals surface area contributed by atoms with Gasteiger partial charge in [-0.1, -0.05) is 17.9 Å². The highest BCUT2D eigenvalue weighted by Gasteiger charge is 2.06. The first-order chi connectivity index (χ1) is 7.42. The molecule has 1 aromatic rings. The molecule has 1 rings (SSSR count). The molecule has 16 heavy (non-hydrogen) atoms. The third-order valence-corrected chi connectivity index (χ3v) is 2.36. The summed E-state index contributed by atoms with van der Waals surface area (Å²) in [6.45, 7) is 1.60. The first-order valence-corrected chi connectivity index (χ1v) is 6.49. The molecule has 4 nitrogen and oxygen atoms in total. The molecule has 0 aliphatic carbocycles. The summed E-state index contributed by atoms with van der Waals surface area (Å²) >= 11 is 0. The van der Waals surface area contributed by atoms with Crippen molar-refractivity contribution in [2.75, 3.05) is 17.6 Å². The third kappa shape index (κ3) is 3.93. The van der Waals surface area contributed by atoms with Crippen LogP contribution in [-0.2, 0) is 10.0 Å². The zero-order valence-electron chi connectivity index (χ0n) is 9.11. The Morgan fingerprint density at radius 2 is 2.12 bits per heavy atom. The van der Waals surface area contributed by atoms with E-state index in [1.165, 1.54) is 0 Å². The molecule has 0 spiro atoms. The highest BCUT2D eigenvalue weighted by atomic mass is 32.2. The fourth-order valence-electron chi connectivity index (χ4n) is 1.19. The summed E-state index contributed by atoms with van der Waals surface area (Å²) < 4.78 is 24.6. The smallest absolute Gasteiger partial charge is 0.229 e. The Kier molecular flexibility index (Phi) is 3.93. The zero-order valence-corrected chi connectivity index (χ0v) is 9.93. The molecular formula is C11H13NO3S. The lowest BCUT2D eigenvalue weighted by molar-refractivity contribution is 0.350. The highest BCUT2D eigenvalue weighted by Crippen LogP contribution is 2.17. The molecular weight excluding hydrogens is 226 g/mol. The molecule has 0 saturated heterocycles. The zero-order chi connectivity index (χ0) is 12.2. The van der Waals surface area contributed by atoms with Crippen molar-refractivity contribution < 1.29 is 13.5 Å². The second-order valence-corrected chi connectivity index (χ2v) is 5.13. The number of hydrogen-bond acceptors (Lipinski definition) is 3. The van der Waals surface area contributed by atoms with E-state index in [1.54, 1.807) is 12.1 Å². The van der Waals surface area contributed by atoms with Crippen molar-refractivity contribution in [2.24, 2.45) is 0 Å². The summed E-state index contributed by atoms with van der Waals surface area (Å²) in [4.78, 5) is 0. The summed E-state index contributed by atoms with van der Waals surface area (Å²) in [6.07, 6.45) is 1.08. The maximum Gasteiger partial charge on any atom is 0.229 e. The topological polar surface area (TPSA) is 66.4 Å². The number of aryl methyl sites for hydroxylation is 1. The molecule has 86 valence electrons. The molecule has 5 heteroatoms. The second-order valence-electron chi connectivity index (χ2n) is 3.38. The number of sulfonamides is 1. The van der Waals surface area contributed by atoms with Gasteiger partial charge in [0.25, 0.3) is 0 Å². The maximum atomic E-state index is 11.1. The lowest BCUT2D eigenvalue weighted by Crippen LogP contribution is -2.10. The van der Waals surface area contributed by atoms with Crippen molar-refractivity contribution in [2.45, 2.75) is 6.92 Å². The number of aliphatic hydroxyl groups excluding tert-OH is 1. The van der Waals surface area contributed by atoms with E-state index in [-0.39, 0.29) is 6.61 Å². The van der Waals surface area contributed by atoms with Gasteiger partial charge in [0.2, 0.25) is 10.0 Å². The SMILES string of the molecule is Cc1ccc(C#CCO)c(NS(C)(=O)=O)c1. The number of benzene rings is 1. The van der Waals surface area contributed by atoms with E-state index in [4.69, 9.17) is 5.11 Å². The van der Waals surface area contributed by atoms with Crippen LogP contribution < -0.4 is 4.72 Å². The van der Waals surface area contributed by atoms with Crippen LogP contribution in [0.1, 0.15) is 11.1 Å². The van der Waals surface area contributed by atoms with Gasteiger partial charge in [0, 0.05) is 5.56 Å². The van der Waals surface area contributed by atoms with E-state index in [0.717, 1.165) is 11.8 Å². The minimum absolute atomic E-state index is 0.258. The van der Waals surface area contributed by atoms with Gasteiger partial charge >= 0.3 is 0 Å². The summed E-state index contributed by atoms with van der Waals surface area (Å²) in [5, 5.41) is 8.59. The van der Waals surface area contributed by atoms with Crippen molar-refractivity contribution in [3.63, 3.8) is 0 Å². The molecule has 0 aliphatic heterocycles. The molecule has 0 heterocycles. The van der Waals surface area contributed by atoms with Crippen LogP contribution in [0.2, 0.25) is 0 Å². The monoisotopic (exact) mass is 239 g/mol. The van der Waals surface area contributed by atoms with E-state index >= 15 is 0 Å². The van der Waals surface area contributed by atoms with Gasteiger partial charge < -0.3 is 5.11 Å². The molecule has 0 fully saturated rings. The summed E-state index contributed by atoms with van der Waals surface area (Å²) in [6, 6.07) is 5.24. The maximum absolute atomic E-state index is 11.1. The minimum Gasteiger partial charge on any atom is -0.384 e. The van der Waals surface area contributed by atoms with Gasteiger partial charge in [-0.2, -0.15) is 0 Å². The molecule has 0 aromatic heterocycles. The van der Waals surface area contributed by atoms with Gasteiger partial charge in [0.1, 0.15) is 6.61 Å². The average molecular weight is 239 g/mol. The third-order valence-electron chi connectivity index (χ3n) is 1.77. The van der Waals surface area contributed by atoms with Crippen molar-refractivity contribution in [3.05, 3.63) is 29.3 Å². The first kappa shape index (κ1) is 12.6. The first-order valence-electron chi connectivity index (χ1n) is 4.60. The molecule has 2 N–H and O–H groups in total. The van der Waals surface area contributed by atoms with Crippen LogP contribution >= 0.6 is 0 Å². The Hall–Kier alpha value is -1.51. The van der Waals surface area contributed by atoms with Gasteiger partial charge in [-0.3, -0.25) is 4.72 Å². The Morgan fingerprint density at radius 1 is 1.44 bits per heavy atom. The normalized spacial score (nSPS) is 10.4. The largest absolute Gasteiger partial charge is 0.384 e. The number of nitrogens with one attached hydrogen (secondary N) is 1. The van der Waals surface area contributed by atoms with Crippen LogP contribution in [0.15, 0.2) is 18.2 Å². The quantitative estimate of drug-likeness (QED) is 0.747. The molecule has 0 unspecified atom stereocenters. The molecule has 0 bridgehead atoms. The van der Waals surface area contributed by atoms with E-state index in [0.29, 0.717) is 11.3 Å². The Bertz CT molecular complexity index is 538.